The summed E-state index contributed by atoms with van der Waals surface area (Å²) in [5.74, 6) is 2.23. The first-order chi connectivity index (χ1) is 11.9. The molecule has 5 rings (SSSR count). The molecule has 0 amide bonds. The number of benzene rings is 2. The van der Waals surface area contributed by atoms with Gasteiger partial charge in [-0.2, -0.15) is 9.61 Å². The second-order valence-electron chi connectivity index (χ2n) is 5.39. The number of hydrogen-bond donors (Lipinski definition) is 0. The third-order valence-electron chi connectivity index (χ3n) is 3.82. The molecule has 24 heavy (non-hydrogen) atoms. The second kappa shape index (κ2) is 5.31. The molecule has 3 heterocycles. The van der Waals surface area contributed by atoms with Crippen molar-refractivity contribution < 1.29 is 9.47 Å². The normalized spacial score (nSPS) is 16.4. The third kappa shape index (κ3) is 2.13. The average molecular weight is 336 g/mol. The molecule has 6 nitrogen and oxygen atoms in total. The van der Waals surface area contributed by atoms with Crippen molar-refractivity contribution in [2.75, 3.05) is 6.61 Å². The lowest BCUT2D eigenvalue weighted by molar-refractivity contribution is 0.0904. The van der Waals surface area contributed by atoms with Gasteiger partial charge in [0.2, 0.25) is 4.96 Å². The minimum atomic E-state index is -0.241. The molecular weight excluding hydrogens is 324 g/mol. The quantitative estimate of drug-likeness (QED) is 0.562. The highest BCUT2D eigenvalue weighted by Gasteiger charge is 2.26. The molecule has 0 fully saturated rings. The Morgan fingerprint density at radius 2 is 1.75 bits per heavy atom. The van der Waals surface area contributed by atoms with E-state index in [2.05, 4.69) is 15.3 Å². The van der Waals surface area contributed by atoms with Gasteiger partial charge in [0.25, 0.3) is 0 Å². The van der Waals surface area contributed by atoms with Gasteiger partial charge in [-0.05, 0) is 12.1 Å². The van der Waals surface area contributed by atoms with Crippen LogP contribution in [0, 0.1) is 0 Å². The molecule has 0 spiro atoms. The first-order valence-corrected chi connectivity index (χ1v) is 8.36. The van der Waals surface area contributed by atoms with Gasteiger partial charge in [0.05, 0.1) is 0 Å². The van der Waals surface area contributed by atoms with E-state index >= 15 is 0 Å². The molecule has 0 unspecified atom stereocenters. The topological polar surface area (TPSA) is 61.5 Å². The molecule has 7 heteroatoms. The zero-order valence-electron chi connectivity index (χ0n) is 12.5. The molecule has 0 aliphatic carbocycles. The monoisotopic (exact) mass is 336 g/mol. The van der Waals surface area contributed by atoms with E-state index in [-0.39, 0.29) is 6.10 Å². The van der Waals surface area contributed by atoms with Crippen LogP contribution in [0.2, 0.25) is 0 Å². The van der Waals surface area contributed by atoms with E-state index in [1.165, 1.54) is 11.3 Å². The number of ether oxygens (including phenoxy) is 2. The van der Waals surface area contributed by atoms with Crippen molar-refractivity contribution in [1.29, 1.82) is 0 Å². The zero-order chi connectivity index (χ0) is 15.9. The molecular formula is C17H12N4O2S. The molecule has 0 radical (unpaired) electrons. The van der Waals surface area contributed by atoms with Crippen molar-refractivity contribution in [2.24, 2.45) is 0 Å². The predicted octanol–water partition coefficient (Wildman–Crippen LogP) is 3.37. The number of hydrogen-bond acceptors (Lipinski definition) is 6. The second-order valence-corrected chi connectivity index (χ2v) is 6.38. The molecule has 1 atom stereocenters. The summed E-state index contributed by atoms with van der Waals surface area (Å²) >= 11 is 1.47. The van der Waals surface area contributed by atoms with Crippen molar-refractivity contribution in [2.45, 2.75) is 6.10 Å². The highest BCUT2D eigenvalue weighted by atomic mass is 32.1. The molecule has 2 aromatic heterocycles. The lowest BCUT2D eigenvalue weighted by Gasteiger charge is -2.24. The van der Waals surface area contributed by atoms with Gasteiger partial charge in [-0.1, -0.05) is 53.8 Å². The van der Waals surface area contributed by atoms with Crippen LogP contribution in [0.3, 0.4) is 0 Å². The Balaban J connectivity index is 1.52. The van der Waals surface area contributed by atoms with E-state index in [4.69, 9.17) is 9.47 Å². The lowest BCUT2D eigenvalue weighted by atomic mass is 10.2. The summed E-state index contributed by atoms with van der Waals surface area (Å²) in [6.45, 7) is 0.432. The van der Waals surface area contributed by atoms with Crippen LogP contribution < -0.4 is 9.47 Å². The molecule has 1 aliphatic heterocycles. The Morgan fingerprint density at radius 1 is 0.958 bits per heavy atom. The van der Waals surface area contributed by atoms with Gasteiger partial charge in [-0.3, -0.25) is 0 Å². The first kappa shape index (κ1) is 13.5. The van der Waals surface area contributed by atoms with Crippen LogP contribution in [0.5, 0.6) is 11.5 Å². The summed E-state index contributed by atoms with van der Waals surface area (Å²) in [5, 5.41) is 13.9. The van der Waals surface area contributed by atoms with Crippen LogP contribution in [-0.4, -0.2) is 26.4 Å². The van der Waals surface area contributed by atoms with E-state index in [0.717, 1.165) is 32.9 Å². The summed E-state index contributed by atoms with van der Waals surface area (Å²) in [7, 11) is 0. The Kier molecular flexibility index (Phi) is 2.99. The van der Waals surface area contributed by atoms with Gasteiger partial charge in [0, 0.05) is 5.56 Å². The number of fused-ring (bicyclic) bond motifs is 2. The standard InChI is InChI=1S/C17H12N4O2S/c1-2-6-11(7-3-1)15-18-19-17-21(15)20-16(24-17)14-10-22-12-8-4-5-9-13(12)23-14/h1-9,14H,10H2/t14-/m0/s1. The van der Waals surface area contributed by atoms with Gasteiger partial charge in [-0.25, -0.2) is 0 Å². The van der Waals surface area contributed by atoms with Crippen molar-refractivity contribution in [3.05, 3.63) is 59.6 Å². The van der Waals surface area contributed by atoms with Gasteiger partial charge in [-0.15, -0.1) is 10.2 Å². The zero-order valence-corrected chi connectivity index (χ0v) is 13.3. The maximum absolute atomic E-state index is 6.02. The predicted molar refractivity (Wildman–Crippen MR) is 89.4 cm³/mol. The number of aromatic nitrogens is 4. The van der Waals surface area contributed by atoms with Gasteiger partial charge < -0.3 is 9.47 Å². The Bertz CT molecular complexity index is 1010. The largest absolute Gasteiger partial charge is 0.485 e. The van der Waals surface area contributed by atoms with Crippen LogP contribution in [0.25, 0.3) is 16.3 Å². The minimum Gasteiger partial charge on any atom is -0.485 e. The Morgan fingerprint density at radius 3 is 2.62 bits per heavy atom. The SMILES string of the molecule is c1ccc(-c2nnc3sc([C@@H]4COc5ccccc5O4)nn23)cc1. The van der Waals surface area contributed by atoms with Crippen molar-refractivity contribution >= 4 is 16.3 Å². The fraction of sp³-hybridized carbons (Fsp3) is 0.118. The minimum absolute atomic E-state index is 0.241. The average Bonchev–Trinajstić information content (AvgIpc) is 3.23. The van der Waals surface area contributed by atoms with Crippen molar-refractivity contribution in [3.8, 4) is 22.9 Å². The number of para-hydroxylation sites is 2. The number of rotatable bonds is 2. The maximum atomic E-state index is 6.02. The van der Waals surface area contributed by atoms with Crippen LogP contribution in [0.1, 0.15) is 11.1 Å². The summed E-state index contributed by atoms with van der Waals surface area (Å²) in [5.41, 5.74) is 0.980. The number of nitrogens with zero attached hydrogens (tertiary/aromatic N) is 4. The molecule has 2 aromatic carbocycles. The molecule has 0 N–H and O–H groups in total. The summed E-state index contributed by atoms with van der Waals surface area (Å²) < 4.78 is 13.6. The van der Waals surface area contributed by atoms with E-state index < -0.39 is 0 Å². The smallest absolute Gasteiger partial charge is 0.235 e. The first-order valence-electron chi connectivity index (χ1n) is 7.54. The summed E-state index contributed by atoms with van der Waals surface area (Å²) in [4.78, 5) is 0.742. The Hall–Kier alpha value is -2.93. The Labute approximate surface area is 141 Å². The van der Waals surface area contributed by atoms with E-state index in [1.54, 1.807) is 4.52 Å². The lowest BCUT2D eigenvalue weighted by Crippen LogP contribution is -2.21. The molecule has 0 saturated heterocycles. The van der Waals surface area contributed by atoms with E-state index in [9.17, 15) is 0 Å². The van der Waals surface area contributed by atoms with Crippen LogP contribution >= 0.6 is 11.3 Å². The van der Waals surface area contributed by atoms with Crippen molar-refractivity contribution in [3.63, 3.8) is 0 Å². The van der Waals surface area contributed by atoms with Gasteiger partial charge in [0.15, 0.2) is 28.4 Å². The molecule has 118 valence electrons. The highest BCUT2D eigenvalue weighted by molar-refractivity contribution is 7.16. The highest BCUT2D eigenvalue weighted by Crippen LogP contribution is 2.37. The molecule has 0 bridgehead atoms. The molecule has 1 aliphatic rings. The van der Waals surface area contributed by atoms with Gasteiger partial charge >= 0.3 is 0 Å². The molecule has 0 saturated carbocycles. The molecule has 4 aromatic rings. The fourth-order valence-corrected chi connectivity index (χ4v) is 3.52. The van der Waals surface area contributed by atoms with Crippen LogP contribution in [0.4, 0.5) is 0 Å². The van der Waals surface area contributed by atoms with E-state index in [0.29, 0.717) is 6.61 Å². The summed E-state index contributed by atoms with van der Waals surface area (Å²) in [6, 6.07) is 17.6. The van der Waals surface area contributed by atoms with Crippen LogP contribution in [0.15, 0.2) is 54.6 Å². The third-order valence-corrected chi connectivity index (χ3v) is 4.81. The van der Waals surface area contributed by atoms with Gasteiger partial charge in [0.1, 0.15) is 6.61 Å². The van der Waals surface area contributed by atoms with Crippen molar-refractivity contribution in [1.82, 2.24) is 19.8 Å². The maximum Gasteiger partial charge on any atom is 0.235 e. The summed E-state index contributed by atoms with van der Waals surface area (Å²) in [6.07, 6.45) is -0.241. The van der Waals surface area contributed by atoms with E-state index in [1.807, 2.05) is 54.6 Å². The van der Waals surface area contributed by atoms with Crippen LogP contribution in [-0.2, 0) is 0 Å². The fourth-order valence-electron chi connectivity index (χ4n) is 2.67.